The molecule has 0 bridgehead atoms. The summed E-state index contributed by atoms with van der Waals surface area (Å²) in [5.41, 5.74) is 3.10. The lowest BCUT2D eigenvalue weighted by Crippen LogP contribution is -2.55. The van der Waals surface area contributed by atoms with Crippen LogP contribution in [0.4, 0.5) is 5.69 Å². The van der Waals surface area contributed by atoms with Crippen LogP contribution in [-0.4, -0.2) is 68.7 Å². The SMILES string of the molecule is CC[C@H](C)NC(=O)[C@H](CC)N(CCc1ccccc1)C(=O)CN(c1cc(C)ccc1C)S(=O)(=O)N(C)C. The average Bonchev–Trinajstić information content (AvgIpc) is 2.86. The minimum atomic E-state index is -3.98. The molecule has 9 heteroatoms. The quantitative estimate of drug-likeness (QED) is 0.428. The molecule has 0 aliphatic heterocycles. The minimum Gasteiger partial charge on any atom is -0.352 e. The Morgan fingerprint density at radius 2 is 1.62 bits per heavy atom. The predicted octanol–water partition coefficient (Wildman–Crippen LogP) is 3.68. The number of hydrogen-bond donors (Lipinski definition) is 1. The van der Waals surface area contributed by atoms with Crippen molar-refractivity contribution in [1.82, 2.24) is 14.5 Å². The van der Waals surface area contributed by atoms with Gasteiger partial charge in [-0.25, -0.2) is 4.31 Å². The highest BCUT2D eigenvalue weighted by molar-refractivity contribution is 7.90. The first-order chi connectivity index (χ1) is 17.4. The maximum absolute atomic E-state index is 13.9. The maximum atomic E-state index is 13.9. The van der Waals surface area contributed by atoms with Crippen molar-refractivity contribution >= 4 is 27.7 Å². The van der Waals surface area contributed by atoms with Crippen LogP contribution in [0.15, 0.2) is 48.5 Å². The fourth-order valence-electron chi connectivity index (χ4n) is 4.03. The van der Waals surface area contributed by atoms with Crippen LogP contribution in [0.25, 0.3) is 0 Å². The summed E-state index contributed by atoms with van der Waals surface area (Å²) in [6.07, 6.45) is 1.72. The van der Waals surface area contributed by atoms with Crippen molar-refractivity contribution < 1.29 is 18.0 Å². The number of rotatable bonds is 13. The molecule has 0 aliphatic carbocycles. The van der Waals surface area contributed by atoms with Crippen LogP contribution in [0.2, 0.25) is 0 Å². The maximum Gasteiger partial charge on any atom is 0.304 e. The van der Waals surface area contributed by atoms with E-state index >= 15 is 0 Å². The van der Waals surface area contributed by atoms with E-state index in [0.717, 1.165) is 31.7 Å². The van der Waals surface area contributed by atoms with Gasteiger partial charge in [-0.15, -0.1) is 0 Å². The molecular weight excluding hydrogens is 488 g/mol. The van der Waals surface area contributed by atoms with Gasteiger partial charge in [0, 0.05) is 26.7 Å². The number of anilines is 1. The van der Waals surface area contributed by atoms with E-state index < -0.39 is 28.7 Å². The first-order valence-electron chi connectivity index (χ1n) is 12.8. The van der Waals surface area contributed by atoms with Crippen molar-refractivity contribution in [1.29, 1.82) is 0 Å². The molecule has 2 aromatic rings. The van der Waals surface area contributed by atoms with E-state index in [-0.39, 0.29) is 18.5 Å². The smallest absolute Gasteiger partial charge is 0.304 e. The van der Waals surface area contributed by atoms with Gasteiger partial charge in [0.15, 0.2) is 0 Å². The lowest BCUT2D eigenvalue weighted by atomic mass is 10.1. The summed E-state index contributed by atoms with van der Waals surface area (Å²) >= 11 is 0. The lowest BCUT2D eigenvalue weighted by Gasteiger charge is -2.34. The van der Waals surface area contributed by atoms with Crippen molar-refractivity contribution in [2.45, 2.75) is 66.0 Å². The van der Waals surface area contributed by atoms with E-state index in [1.807, 2.05) is 77.1 Å². The molecular formula is C28H42N4O4S. The summed E-state index contributed by atoms with van der Waals surface area (Å²) in [4.78, 5) is 28.6. The number of aryl methyl sites for hydroxylation is 2. The highest BCUT2D eigenvalue weighted by atomic mass is 32.2. The van der Waals surface area contributed by atoms with Gasteiger partial charge in [0.1, 0.15) is 12.6 Å². The van der Waals surface area contributed by atoms with Crippen molar-refractivity contribution in [3.8, 4) is 0 Å². The van der Waals surface area contributed by atoms with Gasteiger partial charge in [-0.1, -0.05) is 56.3 Å². The molecule has 0 heterocycles. The van der Waals surface area contributed by atoms with Gasteiger partial charge in [-0.05, 0) is 62.8 Å². The Morgan fingerprint density at radius 3 is 2.19 bits per heavy atom. The Kier molecular flexibility index (Phi) is 11.1. The molecule has 0 unspecified atom stereocenters. The van der Waals surface area contributed by atoms with Crippen LogP contribution in [0.5, 0.6) is 0 Å². The zero-order valence-corrected chi connectivity index (χ0v) is 24.0. The van der Waals surface area contributed by atoms with Gasteiger partial charge in [-0.3, -0.25) is 9.59 Å². The van der Waals surface area contributed by atoms with Crippen molar-refractivity contribution in [3.05, 3.63) is 65.2 Å². The van der Waals surface area contributed by atoms with E-state index in [4.69, 9.17) is 0 Å². The highest BCUT2D eigenvalue weighted by Gasteiger charge is 2.34. The van der Waals surface area contributed by atoms with Gasteiger partial charge < -0.3 is 10.2 Å². The number of nitrogens with one attached hydrogen (secondary N) is 1. The number of hydrogen-bond acceptors (Lipinski definition) is 4. The molecule has 2 amide bonds. The third kappa shape index (κ3) is 8.04. The van der Waals surface area contributed by atoms with Crippen LogP contribution in [0.1, 0.15) is 50.3 Å². The first-order valence-corrected chi connectivity index (χ1v) is 14.2. The second-order valence-corrected chi connectivity index (χ2v) is 11.7. The summed E-state index contributed by atoms with van der Waals surface area (Å²) < 4.78 is 29.0. The highest BCUT2D eigenvalue weighted by Crippen LogP contribution is 2.26. The summed E-state index contributed by atoms with van der Waals surface area (Å²) in [5, 5.41) is 2.99. The molecule has 0 aliphatic rings. The minimum absolute atomic E-state index is 0.0341. The second kappa shape index (κ2) is 13.6. The normalized spacial score (nSPS) is 13.2. The van der Waals surface area contributed by atoms with E-state index in [2.05, 4.69) is 5.32 Å². The first kappa shape index (κ1) is 30.3. The largest absolute Gasteiger partial charge is 0.352 e. The monoisotopic (exact) mass is 530 g/mol. The predicted molar refractivity (Wildman–Crippen MR) is 150 cm³/mol. The van der Waals surface area contributed by atoms with E-state index in [0.29, 0.717) is 18.5 Å². The number of carbonyl (C=O) groups excluding carboxylic acids is 2. The third-order valence-corrected chi connectivity index (χ3v) is 8.33. The van der Waals surface area contributed by atoms with Crippen LogP contribution >= 0.6 is 0 Å². The summed E-state index contributed by atoms with van der Waals surface area (Å²) in [5.74, 6) is -0.652. The molecule has 37 heavy (non-hydrogen) atoms. The number of amides is 2. The molecule has 0 fully saturated rings. The van der Waals surface area contributed by atoms with Gasteiger partial charge >= 0.3 is 10.2 Å². The van der Waals surface area contributed by atoms with Crippen LogP contribution in [0.3, 0.4) is 0 Å². The van der Waals surface area contributed by atoms with Crippen molar-refractivity contribution in [2.75, 3.05) is 31.5 Å². The Morgan fingerprint density at radius 1 is 0.973 bits per heavy atom. The van der Waals surface area contributed by atoms with Gasteiger partial charge in [-0.2, -0.15) is 12.7 Å². The molecule has 8 nitrogen and oxygen atoms in total. The Bertz CT molecular complexity index is 1150. The van der Waals surface area contributed by atoms with Crippen molar-refractivity contribution in [3.63, 3.8) is 0 Å². The van der Waals surface area contributed by atoms with Gasteiger partial charge in [0.2, 0.25) is 11.8 Å². The van der Waals surface area contributed by atoms with Gasteiger partial charge in [0.05, 0.1) is 5.69 Å². The van der Waals surface area contributed by atoms with Crippen molar-refractivity contribution in [2.24, 2.45) is 0 Å². The molecule has 0 saturated heterocycles. The number of benzene rings is 2. The summed E-state index contributed by atoms with van der Waals surface area (Å²) in [6, 6.07) is 14.5. The Balaban J connectivity index is 2.48. The number of carbonyl (C=O) groups is 2. The zero-order valence-electron chi connectivity index (χ0n) is 23.2. The second-order valence-electron chi connectivity index (χ2n) is 9.65. The lowest BCUT2D eigenvalue weighted by molar-refractivity contribution is -0.139. The third-order valence-electron chi connectivity index (χ3n) is 6.52. The fourth-order valence-corrected chi connectivity index (χ4v) is 5.14. The van der Waals surface area contributed by atoms with E-state index in [9.17, 15) is 18.0 Å². The van der Waals surface area contributed by atoms with Gasteiger partial charge in [0.25, 0.3) is 0 Å². The summed E-state index contributed by atoms with van der Waals surface area (Å²) in [6.45, 7) is 9.35. The van der Waals surface area contributed by atoms with Crippen LogP contribution < -0.4 is 9.62 Å². The molecule has 2 atom stereocenters. The molecule has 0 spiro atoms. The standard InChI is InChI=1S/C28H42N4O4S/c1-8-23(5)29-28(34)25(9-2)31(18-17-24-13-11-10-12-14-24)27(33)20-32(37(35,36)30(6)7)26-19-21(3)15-16-22(26)4/h10-16,19,23,25H,8-9,17-18,20H2,1-7H3,(H,29,34)/t23-,25-/m0/s1. The number of nitrogens with zero attached hydrogens (tertiary/aromatic N) is 3. The topological polar surface area (TPSA) is 90.0 Å². The molecule has 0 radical (unpaired) electrons. The molecule has 2 rings (SSSR count). The van der Waals surface area contributed by atoms with E-state index in [1.165, 1.54) is 19.0 Å². The zero-order chi connectivity index (χ0) is 27.8. The molecule has 2 aromatic carbocycles. The van der Waals surface area contributed by atoms with E-state index in [1.54, 1.807) is 6.07 Å². The molecule has 1 N–H and O–H groups in total. The Hall–Kier alpha value is -2.91. The average molecular weight is 531 g/mol. The molecule has 204 valence electrons. The molecule has 0 aromatic heterocycles. The van der Waals surface area contributed by atoms with Crippen LogP contribution in [0, 0.1) is 13.8 Å². The molecule has 0 saturated carbocycles. The Labute approximate surface area is 222 Å². The van der Waals surface area contributed by atoms with Crippen LogP contribution in [-0.2, 0) is 26.2 Å². The summed E-state index contributed by atoms with van der Waals surface area (Å²) in [7, 11) is -1.10. The fraction of sp³-hybridized carbons (Fsp3) is 0.500.